The molecule has 1 aliphatic rings. The van der Waals surface area contributed by atoms with Crippen molar-refractivity contribution in [3.8, 4) is 11.3 Å². The molecule has 2 aromatic heterocycles. The number of hydrogen-bond donors (Lipinski definition) is 0. The van der Waals surface area contributed by atoms with E-state index in [4.69, 9.17) is 0 Å². The van der Waals surface area contributed by atoms with Crippen molar-refractivity contribution in [3.63, 3.8) is 0 Å². The first-order chi connectivity index (χ1) is 13.1. The van der Waals surface area contributed by atoms with Crippen LogP contribution < -0.4 is 4.90 Å². The van der Waals surface area contributed by atoms with E-state index in [-0.39, 0.29) is 5.91 Å². The standard InChI is InChI=1S/C20H21N5OS/c1-24(2)18-11-17(22-13-23-18)14-4-3-5-15(10-14)20(26)25(16-6-7-16)12-19-21-8-9-27-19/h3-5,8-11,13,16H,6-7,12H2,1-2H3. The highest BCUT2D eigenvalue weighted by molar-refractivity contribution is 7.09. The van der Waals surface area contributed by atoms with Crippen LogP contribution in [0.3, 0.4) is 0 Å². The number of amides is 1. The Morgan fingerprint density at radius 1 is 1.19 bits per heavy atom. The lowest BCUT2D eigenvalue weighted by Gasteiger charge is -2.21. The first-order valence-electron chi connectivity index (χ1n) is 8.91. The van der Waals surface area contributed by atoms with Crippen LogP contribution in [0.25, 0.3) is 11.3 Å². The molecule has 0 N–H and O–H groups in total. The van der Waals surface area contributed by atoms with Crippen LogP contribution in [0.2, 0.25) is 0 Å². The van der Waals surface area contributed by atoms with Gasteiger partial charge in [-0.25, -0.2) is 15.0 Å². The third kappa shape index (κ3) is 3.98. The van der Waals surface area contributed by atoms with E-state index in [0.29, 0.717) is 18.2 Å². The van der Waals surface area contributed by atoms with Crippen molar-refractivity contribution in [1.29, 1.82) is 0 Å². The maximum Gasteiger partial charge on any atom is 0.254 e. The van der Waals surface area contributed by atoms with E-state index in [1.807, 2.05) is 59.6 Å². The maximum atomic E-state index is 13.2. The van der Waals surface area contributed by atoms with E-state index in [1.54, 1.807) is 23.9 Å². The van der Waals surface area contributed by atoms with E-state index in [9.17, 15) is 4.79 Å². The number of nitrogens with zero attached hydrogens (tertiary/aromatic N) is 5. The average Bonchev–Trinajstić information content (AvgIpc) is 3.41. The van der Waals surface area contributed by atoms with Crippen LogP contribution in [0.1, 0.15) is 28.2 Å². The zero-order valence-electron chi connectivity index (χ0n) is 15.4. The summed E-state index contributed by atoms with van der Waals surface area (Å²) in [4.78, 5) is 30.0. The van der Waals surface area contributed by atoms with Crippen LogP contribution in [0.5, 0.6) is 0 Å². The number of rotatable bonds is 6. The Hall–Kier alpha value is -2.80. The monoisotopic (exact) mass is 379 g/mol. The molecule has 0 atom stereocenters. The van der Waals surface area contributed by atoms with Crippen molar-refractivity contribution in [3.05, 3.63) is 58.8 Å². The fraction of sp³-hybridized carbons (Fsp3) is 0.300. The number of aromatic nitrogens is 3. The van der Waals surface area contributed by atoms with Crippen LogP contribution in [0, 0.1) is 0 Å². The molecule has 7 heteroatoms. The van der Waals surface area contributed by atoms with Gasteiger partial charge in [0.2, 0.25) is 0 Å². The van der Waals surface area contributed by atoms with Crippen molar-refractivity contribution >= 4 is 23.1 Å². The van der Waals surface area contributed by atoms with Gasteiger partial charge in [0.1, 0.15) is 17.2 Å². The predicted octanol–water partition coefficient (Wildman–Crippen LogP) is 3.47. The van der Waals surface area contributed by atoms with Gasteiger partial charge in [-0.2, -0.15) is 0 Å². The highest BCUT2D eigenvalue weighted by atomic mass is 32.1. The van der Waals surface area contributed by atoms with Gasteiger partial charge in [-0.1, -0.05) is 12.1 Å². The Morgan fingerprint density at radius 2 is 2.04 bits per heavy atom. The van der Waals surface area contributed by atoms with Crippen LogP contribution in [0.4, 0.5) is 5.82 Å². The molecule has 1 saturated carbocycles. The minimum absolute atomic E-state index is 0.0523. The number of thiazole rings is 1. The summed E-state index contributed by atoms with van der Waals surface area (Å²) in [7, 11) is 3.89. The zero-order chi connectivity index (χ0) is 18.8. The summed E-state index contributed by atoms with van der Waals surface area (Å²) in [5.41, 5.74) is 2.40. The van der Waals surface area contributed by atoms with Gasteiger partial charge in [-0.3, -0.25) is 4.79 Å². The van der Waals surface area contributed by atoms with Gasteiger partial charge < -0.3 is 9.80 Å². The maximum absolute atomic E-state index is 13.2. The summed E-state index contributed by atoms with van der Waals surface area (Å²) in [5, 5.41) is 2.92. The van der Waals surface area contributed by atoms with Crippen LogP contribution >= 0.6 is 11.3 Å². The molecule has 1 amide bonds. The van der Waals surface area contributed by atoms with Gasteiger partial charge in [0.05, 0.1) is 12.2 Å². The summed E-state index contributed by atoms with van der Waals surface area (Å²) in [6, 6.07) is 9.93. The number of hydrogen-bond acceptors (Lipinski definition) is 6. The Kier molecular flexibility index (Phi) is 4.85. The van der Waals surface area contributed by atoms with Crippen molar-refractivity contribution in [1.82, 2.24) is 19.9 Å². The highest BCUT2D eigenvalue weighted by Gasteiger charge is 2.33. The molecule has 4 rings (SSSR count). The van der Waals surface area contributed by atoms with Gasteiger partial charge in [-0.15, -0.1) is 11.3 Å². The van der Waals surface area contributed by atoms with Crippen LogP contribution in [0.15, 0.2) is 48.2 Å². The van der Waals surface area contributed by atoms with Crippen molar-refractivity contribution < 1.29 is 4.79 Å². The van der Waals surface area contributed by atoms with E-state index in [0.717, 1.165) is 34.9 Å². The molecule has 138 valence electrons. The minimum Gasteiger partial charge on any atom is -0.363 e. The number of anilines is 1. The molecule has 0 radical (unpaired) electrons. The van der Waals surface area contributed by atoms with Crippen molar-refractivity contribution in [2.24, 2.45) is 0 Å². The second-order valence-corrected chi connectivity index (χ2v) is 7.81. The molecule has 2 heterocycles. The molecule has 27 heavy (non-hydrogen) atoms. The first kappa shape index (κ1) is 17.6. The molecule has 3 aromatic rings. The van der Waals surface area contributed by atoms with E-state index < -0.39 is 0 Å². The third-order valence-electron chi connectivity index (χ3n) is 4.55. The summed E-state index contributed by atoms with van der Waals surface area (Å²) < 4.78 is 0. The Morgan fingerprint density at radius 3 is 2.74 bits per heavy atom. The lowest BCUT2D eigenvalue weighted by Crippen LogP contribution is -2.32. The molecule has 0 unspecified atom stereocenters. The number of carbonyl (C=O) groups excluding carboxylic acids is 1. The summed E-state index contributed by atoms with van der Waals surface area (Å²) in [5.74, 6) is 0.886. The zero-order valence-corrected chi connectivity index (χ0v) is 16.2. The normalized spacial score (nSPS) is 13.4. The molecule has 1 aromatic carbocycles. The second-order valence-electron chi connectivity index (χ2n) is 6.83. The van der Waals surface area contributed by atoms with Gasteiger partial charge in [0.25, 0.3) is 5.91 Å². The Labute approximate surface area is 162 Å². The Balaban J connectivity index is 1.61. The summed E-state index contributed by atoms with van der Waals surface area (Å²) in [6.45, 7) is 0.573. The molecular formula is C20H21N5OS. The molecular weight excluding hydrogens is 358 g/mol. The quantitative estimate of drug-likeness (QED) is 0.656. The van der Waals surface area contributed by atoms with Gasteiger partial charge in [0, 0.05) is 48.9 Å². The molecule has 1 aliphatic carbocycles. The van der Waals surface area contributed by atoms with E-state index in [1.165, 1.54) is 0 Å². The van der Waals surface area contributed by atoms with E-state index in [2.05, 4.69) is 15.0 Å². The summed E-state index contributed by atoms with van der Waals surface area (Å²) in [6.07, 6.45) is 5.47. The summed E-state index contributed by atoms with van der Waals surface area (Å²) >= 11 is 1.59. The van der Waals surface area contributed by atoms with Gasteiger partial charge in [-0.05, 0) is 25.0 Å². The highest BCUT2D eigenvalue weighted by Crippen LogP contribution is 2.31. The topological polar surface area (TPSA) is 62.2 Å². The fourth-order valence-electron chi connectivity index (χ4n) is 2.96. The molecule has 0 saturated heterocycles. The third-order valence-corrected chi connectivity index (χ3v) is 5.32. The fourth-order valence-corrected chi connectivity index (χ4v) is 3.57. The van der Waals surface area contributed by atoms with E-state index >= 15 is 0 Å². The minimum atomic E-state index is 0.0523. The second kappa shape index (κ2) is 7.44. The van der Waals surface area contributed by atoms with Crippen molar-refractivity contribution in [2.45, 2.75) is 25.4 Å². The molecule has 0 spiro atoms. The molecule has 1 fully saturated rings. The average molecular weight is 379 g/mol. The molecule has 0 aliphatic heterocycles. The SMILES string of the molecule is CN(C)c1cc(-c2cccc(C(=O)N(Cc3nccs3)C3CC3)c2)ncn1. The molecule has 0 bridgehead atoms. The van der Waals surface area contributed by atoms with Gasteiger partial charge in [0.15, 0.2) is 0 Å². The largest absolute Gasteiger partial charge is 0.363 e. The van der Waals surface area contributed by atoms with Crippen LogP contribution in [-0.2, 0) is 6.54 Å². The first-order valence-corrected chi connectivity index (χ1v) is 9.79. The smallest absolute Gasteiger partial charge is 0.254 e. The van der Waals surface area contributed by atoms with Crippen molar-refractivity contribution in [2.75, 3.05) is 19.0 Å². The lowest BCUT2D eigenvalue weighted by atomic mass is 10.1. The lowest BCUT2D eigenvalue weighted by molar-refractivity contribution is 0.0730. The predicted molar refractivity (Wildman–Crippen MR) is 107 cm³/mol. The van der Waals surface area contributed by atoms with Crippen LogP contribution in [-0.4, -0.2) is 45.9 Å². The number of benzene rings is 1. The van der Waals surface area contributed by atoms with Gasteiger partial charge >= 0.3 is 0 Å². The molecule has 6 nitrogen and oxygen atoms in total. The Bertz CT molecular complexity index is 937. The number of carbonyl (C=O) groups is 1.